The Labute approximate surface area is 184 Å². The van der Waals surface area contributed by atoms with Crippen molar-refractivity contribution in [3.8, 4) is 0 Å². The predicted octanol–water partition coefficient (Wildman–Crippen LogP) is 3.62. The SMILES string of the molecule is C[C@@H](CC(C)(C)O)N1CCC2(CC1)C(=O)N(Cc1ccc3ccccc3c1)C(=O)N2C. The van der Waals surface area contributed by atoms with E-state index in [9.17, 15) is 14.7 Å². The fourth-order valence-corrected chi connectivity index (χ4v) is 5.24. The van der Waals surface area contributed by atoms with E-state index in [1.54, 1.807) is 11.9 Å². The van der Waals surface area contributed by atoms with Gasteiger partial charge in [-0.2, -0.15) is 0 Å². The van der Waals surface area contributed by atoms with Crippen molar-refractivity contribution in [2.24, 2.45) is 0 Å². The van der Waals surface area contributed by atoms with Gasteiger partial charge in [-0.05, 0) is 62.4 Å². The minimum atomic E-state index is -0.751. The van der Waals surface area contributed by atoms with Crippen LogP contribution in [-0.2, 0) is 11.3 Å². The highest BCUT2D eigenvalue weighted by molar-refractivity contribution is 6.07. The molecule has 2 aromatic rings. The topological polar surface area (TPSA) is 64.1 Å². The van der Waals surface area contributed by atoms with Crippen LogP contribution < -0.4 is 0 Å². The highest BCUT2D eigenvalue weighted by Gasteiger charge is 2.56. The first-order chi connectivity index (χ1) is 14.6. The Balaban J connectivity index is 1.48. The van der Waals surface area contributed by atoms with E-state index in [0.29, 0.717) is 25.8 Å². The van der Waals surface area contributed by atoms with Gasteiger partial charge in [0.1, 0.15) is 5.54 Å². The van der Waals surface area contributed by atoms with Crippen molar-refractivity contribution in [3.05, 3.63) is 48.0 Å². The fourth-order valence-electron chi connectivity index (χ4n) is 5.24. The Kier molecular flexibility index (Phi) is 5.56. The summed E-state index contributed by atoms with van der Waals surface area (Å²) in [5.74, 6) is -0.0806. The number of piperidine rings is 1. The molecule has 6 nitrogen and oxygen atoms in total. The van der Waals surface area contributed by atoms with Crippen LogP contribution in [-0.4, -0.2) is 69.1 Å². The second kappa shape index (κ2) is 7.92. The molecule has 0 bridgehead atoms. The molecule has 2 aliphatic heterocycles. The van der Waals surface area contributed by atoms with Gasteiger partial charge in [-0.1, -0.05) is 36.4 Å². The molecule has 2 aromatic carbocycles. The second-order valence-electron chi connectivity index (χ2n) is 9.85. The normalized spacial score (nSPS) is 20.8. The molecule has 6 heteroatoms. The Hall–Kier alpha value is -2.44. The Morgan fingerprint density at radius 1 is 1.06 bits per heavy atom. The molecule has 0 aliphatic carbocycles. The van der Waals surface area contributed by atoms with Crippen molar-refractivity contribution in [1.29, 1.82) is 0 Å². The van der Waals surface area contributed by atoms with Crippen LogP contribution in [0, 0.1) is 0 Å². The van der Waals surface area contributed by atoms with Gasteiger partial charge in [0.25, 0.3) is 5.91 Å². The Bertz CT molecular complexity index is 989. The number of aliphatic hydroxyl groups is 1. The number of carbonyl (C=O) groups is 2. The number of carbonyl (C=O) groups excluding carboxylic acids is 2. The molecule has 0 aromatic heterocycles. The molecule has 3 amide bonds. The van der Waals surface area contributed by atoms with Crippen LogP contribution in [0.25, 0.3) is 10.8 Å². The van der Waals surface area contributed by atoms with Gasteiger partial charge in [0, 0.05) is 26.2 Å². The van der Waals surface area contributed by atoms with Gasteiger partial charge in [-0.15, -0.1) is 0 Å². The minimum Gasteiger partial charge on any atom is -0.390 e. The summed E-state index contributed by atoms with van der Waals surface area (Å²) in [5.41, 5.74) is -0.512. The lowest BCUT2D eigenvalue weighted by molar-refractivity contribution is -0.136. The maximum atomic E-state index is 13.5. The summed E-state index contributed by atoms with van der Waals surface area (Å²) in [4.78, 5) is 31.9. The number of imide groups is 1. The van der Waals surface area contributed by atoms with Crippen molar-refractivity contribution >= 4 is 22.7 Å². The third kappa shape index (κ3) is 4.06. The zero-order chi connectivity index (χ0) is 22.4. The van der Waals surface area contributed by atoms with E-state index < -0.39 is 11.1 Å². The molecule has 1 atom stereocenters. The van der Waals surface area contributed by atoms with E-state index in [0.717, 1.165) is 29.4 Å². The molecule has 0 unspecified atom stereocenters. The summed E-state index contributed by atoms with van der Waals surface area (Å²) in [6.07, 6.45) is 1.92. The molecule has 2 fully saturated rings. The predicted molar refractivity (Wildman–Crippen MR) is 122 cm³/mol. The van der Waals surface area contributed by atoms with Gasteiger partial charge in [-0.25, -0.2) is 4.79 Å². The molecule has 4 rings (SSSR count). The lowest BCUT2D eigenvalue weighted by Gasteiger charge is -2.43. The molecule has 166 valence electrons. The second-order valence-corrected chi connectivity index (χ2v) is 9.85. The number of likely N-dealkylation sites (tertiary alicyclic amines) is 1. The molecule has 31 heavy (non-hydrogen) atoms. The number of urea groups is 1. The summed E-state index contributed by atoms with van der Waals surface area (Å²) in [7, 11) is 1.76. The monoisotopic (exact) mass is 423 g/mol. The molecular formula is C25H33N3O3. The van der Waals surface area contributed by atoms with Crippen molar-refractivity contribution < 1.29 is 14.7 Å². The molecule has 2 aliphatic rings. The molecular weight excluding hydrogens is 390 g/mol. The van der Waals surface area contributed by atoms with Crippen molar-refractivity contribution in [1.82, 2.24) is 14.7 Å². The summed E-state index contributed by atoms with van der Waals surface area (Å²) in [5, 5.41) is 12.4. The van der Waals surface area contributed by atoms with Gasteiger partial charge < -0.3 is 14.9 Å². The third-order valence-electron chi connectivity index (χ3n) is 7.00. The first-order valence-corrected chi connectivity index (χ1v) is 11.1. The van der Waals surface area contributed by atoms with E-state index in [2.05, 4.69) is 24.0 Å². The first kappa shape index (κ1) is 21.8. The molecule has 0 saturated carbocycles. The van der Waals surface area contributed by atoms with Crippen molar-refractivity contribution in [2.45, 2.75) is 63.8 Å². The van der Waals surface area contributed by atoms with Gasteiger partial charge in [0.05, 0.1) is 12.1 Å². The average Bonchev–Trinajstić information content (AvgIpc) is 2.89. The van der Waals surface area contributed by atoms with Crippen LogP contribution in [0.2, 0.25) is 0 Å². The van der Waals surface area contributed by atoms with Crippen LogP contribution >= 0.6 is 0 Å². The highest BCUT2D eigenvalue weighted by Crippen LogP contribution is 2.38. The van der Waals surface area contributed by atoms with Gasteiger partial charge in [-0.3, -0.25) is 9.69 Å². The average molecular weight is 424 g/mol. The van der Waals surface area contributed by atoms with Gasteiger partial charge in [0.2, 0.25) is 0 Å². The number of hydrogen-bond donors (Lipinski definition) is 1. The smallest absolute Gasteiger partial charge is 0.327 e. The van der Waals surface area contributed by atoms with E-state index in [1.807, 2.05) is 44.2 Å². The maximum Gasteiger partial charge on any atom is 0.327 e. The van der Waals surface area contributed by atoms with Crippen LogP contribution in [0.15, 0.2) is 42.5 Å². The van der Waals surface area contributed by atoms with Gasteiger partial charge in [0.15, 0.2) is 0 Å². The molecule has 1 spiro atoms. The summed E-state index contributed by atoms with van der Waals surface area (Å²) < 4.78 is 0. The van der Waals surface area contributed by atoms with Crippen LogP contribution in [0.3, 0.4) is 0 Å². The Morgan fingerprint density at radius 3 is 2.35 bits per heavy atom. The molecule has 2 heterocycles. The summed E-state index contributed by atoms with van der Waals surface area (Å²) >= 11 is 0. The van der Waals surface area contributed by atoms with Gasteiger partial charge >= 0.3 is 6.03 Å². The number of benzene rings is 2. The molecule has 2 saturated heterocycles. The number of nitrogens with zero attached hydrogens (tertiary/aromatic N) is 3. The zero-order valence-electron chi connectivity index (χ0n) is 19.0. The summed E-state index contributed by atoms with van der Waals surface area (Å²) in [6.45, 7) is 7.55. The first-order valence-electron chi connectivity index (χ1n) is 11.1. The Morgan fingerprint density at radius 2 is 1.71 bits per heavy atom. The van der Waals surface area contributed by atoms with Crippen LogP contribution in [0.5, 0.6) is 0 Å². The van der Waals surface area contributed by atoms with E-state index in [4.69, 9.17) is 0 Å². The maximum absolute atomic E-state index is 13.5. The van der Waals surface area contributed by atoms with Crippen LogP contribution in [0.1, 0.15) is 45.6 Å². The largest absolute Gasteiger partial charge is 0.390 e. The summed E-state index contributed by atoms with van der Waals surface area (Å²) in [6, 6.07) is 14.2. The lowest BCUT2D eigenvalue weighted by atomic mass is 9.85. The van der Waals surface area contributed by atoms with Crippen molar-refractivity contribution in [3.63, 3.8) is 0 Å². The van der Waals surface area contributed by atoms with E-state index >= 15 is 0 Å². The minimum absolute atomic E-state index is 0.0806. The van der Waals surface area contributed by atoms with Crippen molar-refractivity contribution in [2.75, 3.05) is 20.1 Å². The third-order valence-corrected chi connectivity index (χ3v) is 7.00. The number of hydrogen-bond acceptors (Lipinski definition) is 4. The van der Waals surface area contributed by atoms with E-state index in [1.165, 1.54) is 4.90 Å². The molecule has 1 N–H and O–H groups in total. The standard InChI is InChI=1S/C25H33N3O3/c1-18(16-24(2,3)31)27-13-11-25(12-14-27)22(29)28(23(30)26(25)4)17-19-9-10-20-7-5-6-8-21(20)15-19/h5-10,15,18,31H,11-14,16-17H2,1-4H3/t18-/m0/s1. The number of amides is 3. The zero-order valence-corrected chi connectivity index (χ0v) is 19.0. The lowest BCUT2D eigenvalue weighted by Crippen LogP contribution is -2.57. The fraction of sp³-hybridized carbons (Fsp3) is 0.520. The van der Waals surface area contributed by atoms with E-state index in [-0.39, 0.29) is 18.0 Å². The number of fused-ring (bicyclic) bond motifs is 1. The highest BCUT2D eigenvalue weighted by atomic mass is 16.3. The quantitative estimate of drug-likeness (QED) is 0.746. The number of likely N-dealkylation sites (N-methyl/N-ethyl adjacent to an activating group) is 1. The van der Waals surface area contributed by atoms with Crippen LogP contribution in [0.4, 0.5) is 4.79 Å². The molecule has 0 radical (unpaired) electrons. The number of rotatable bonds is 5.